The number of carbonyl (C=O) groups excluding carboxylic acids is 1. The molecule has 0 radical (unpaired) electrons. The number of aromatic carboxylic acids is 1. The van der Waals surface area contributed by atoms with Crippen molar-refractivity contribution in [3.8, 4) is 0 Å². The van der Waals surface area contributed by atoms with Gasteiger partial charge in [-0.15, -0.1) is 0 Å². The first-order valence-corrected chi connectivity index (χ1v) is 10.6. The normalized spacial score (nSPS) is 17.5. The van der Waals surface area contributed by atoms with Crippen LogP contribution in [0.4, 0.5) is 0 Å². The zero-order valence-electron chi connectivity index (χ0n) is 17.6. The lowest BCUT2D eigenvalue weighted by molar-refractivity contribution is 0.0696. The third kappa shape index (κ3) is 4.23. The number of carbonyl (C=O) groups is 2. The Labute approximate surface area is 181 Å². The molecule has 0 aliphatic heterocycles. The predicted molar refractivity (Wildman–Crippen MR) is 121 cm³/mol. The molecule has 1 aliphatic rings. The van der Waals surface area contributed by atoms with Gasteiger partial charge in [0.25, 0.3) is 0 Å². The largest absolute Gasteiger partial charge is 0.478 e. The van der Waals surface area contributed by atoms with E-state index in [0.29, 0.717) is 10.0 Å². The third-order valence-corrected chi connectivity index (χ3v) is 6.72. The van der Waals surface area contributed by atoms with E-state index >= 15 is 0 Å². The van der Waals surface area contributed by atoms with Crippen LogP contribution in [0.2, 0.25) is 0 Å². The summed E-state index contributed by atoms with van der Waals surface area (Å²) in [6.45, 7) is 11.3. The van der Waals surface area contributed by atoms with E-state index in [1.807, 2.05) is 6.08 Å². The van der Waals surface area contributed by atoms with E-state index in [4.69, 9.17) is 5.11 Å². The van der Waals surface area contributed by atoms with Crippen molar-refractivity contribution in [1.29, 1.82) is 0 Å². The molecular formula is C25H27BrO3. The maximum atomic E-state index is 12.8. The van der Waals surface area contributed by atoms with Crippen LogP contribution >= 0.6 is 15.9 Å². The standard InChI is InChI=1S/C25H27BrO3/c1-15-12-19-20(25(4,5)11-10-24(19,2)3)13-18(15)14-21(26)22(27)16-6-8-17(9-7-16)23(28)29/h6-9,12-14H,10-11H2,1-5H3,(H,28,29). The fourth-order valence-electron chi connectivity index (χ4n) is 4.00. The first-order valence-electron chi connectivity index (χ1n) is 9.83. The lowest BCUT2D eigenvalue weighted by Gasteiger charge is -2.42. The van der Waals surface area contributed by atoms with Crippen LogP contribution < -0.4 is 0 Å². The Morgan fingerprint density at radius 3 is 1.93 bits per heavy atom. The van der Waals surface area contributed by atoms with Crippen LogP contribution in [-0.2, 0) is 10.8 Å². The maximum absolute atomic E-state index is 12.8. The van der Waals surface area contributed by atoms with Crippen LogP contribution in [0.25, 0.3) is 6.08 Å². The number of rotatable bonds is 4. The lowest BCUT2D eigenvalue weighted by Crippen LogP contribution is -2.34. The number of carboxylic acid groups (broad SMARTS) is 1. The van der Waals surface area contributed by atoms with Gasteiger partial charge in [0.1, 0.15) is 0 Å². The smallest absolute Gasteiger partial charge is 0.335 e. The highest BCUT2D eigenvalue weighted by atomic mass is 79.9. The summed E-state index contributed by atoms with van der Waals surface area (Å²) in [5.41, 5.74) is 5.78. The van der Waals surface area contributed by atoms with Gasteiger partial charge in [-0.3, -0.25) is 4.79 Å². The van der Waals surface area contributed by atoms with E-state index in [-0.39, 0.29) is 22.2 Å². The summed E-state index contributed by atoms with van der Waals surface area (Å²) < 4.78 is 0.455. The number of ketones is 1. The summed E-state index contributed by atoms with van der Waals surface area (Å²) in [5, 5.41) is 9.02. The molecule has 0 spiro atoms. The molecule has 0 heterocycles. The Bertz CT molecular complexity index is 1010. The molecule has 1 N–H and O–H groups in total. The molecule has 3 rings (SSSR count). The number of fused-ring (bicyclic) bond motifs is 1. The molecule has 2 aromatic carbocycles. The Hall–Kier alpha value is -2.20. The molecule has 29 heavy (non-hydrogen) atoms. The number of allylic oxidation sites excluding steroid dienone is 1. The second-order valence-corrected chi connectivity index (χ2v) is 10.1. The van der Waals surface area contributed by atoms with Gasteiger partial charge in [-0.25, -0.2) is 4.79 Å². The fraction of sp³-hybridized carbons (Fsp3) is 0.360. The Kier molecular flexibility index (Phi) is 5.61. The van der Waals surface area contributed by atoms with Crippen LogP contribution in [0.3, 0.4) is 0 Å². The first kappa shape index (κ1) is 21.5. The van der Waals surface area contributed by atoms with Gasteiger partial charge in [-0.1, -0.05) is 52.0 Å². The lowest BCUT2D eigenvalue weighted by atomic mass is 9.62. The quantitative estimate of drug-likeness (QED) is 0.414. The molecule has 0 saturated heterocycles. The van der Waals surface area contributed by atoms with Crippen LogP contribution in [0.15, 0.2) is 40.9 Å². The number of hydrogen-bond acceptors (Lipinski definition) is 2. The molecule has 0 saturated carbocycles. The van der Waals surface area contributed by atoms with Gasteiger partial charge in [0.15, 0.2) is 5.78 Å². The summed E-state index contributed by atoms with van der Waals surface area (Å²) in [6, 6.07) is 10.5. The zero-order valence-corrected chi connectivity index (χ0v) is 19.2. The molecule has 3 nitrogen and oxygen atoms in total. The van der Waals surface area contributed by atoms with Crippen LogP contribution in [-0.4, -0.2) is 16.9 Å². The fourth-order valence-corrected chi connectivity index (χ4v) is 4.47. The van der Waals surface area contributed by atoms with E-state index < -0.39 is 5.97 Å². The number of aryl methyl sites for hydroxylation is 1. The van der Waals surface area contributed by atoms with E-state index in [0.717, 1.165) is 24.0 Å². The zero-order chi connectivity index (χ0) is 21.6. The summed E-state index contributed by atoms with van der Waals surface area (Å²) in [5.74, 6) is -1.17. The minimum absolute atomic E-state index is 0.101. The van der Waals surface area contributed by atoms with Crippen molar-refractivity contribution in [2.75, 3.05) is 0 Å². The molecule has 0 bridgehead atoms. The second-order valence-electron chi connectivity index (χ2n) is 9.23. The van der Waals surface area contributed by atoms with Gasteiger partial charge in [-0.05, 0) is 87.0 Å². The molecule has 0 fully saturated rings. The topological polar surface area (TPSA) is 54.4 Å². The molecule has 0 atom stereocenters. The van der Waals surface area contributed by atoms with Crippen LogP contribution in [0.5, 0.6) is 0 Å². The molecule has 4 heteroatoms. The average Bonchev–Trinajstić information content (AvgIpc) is 2.66. The van der Waals surface area contributed by atoms with E-state index in [2.05, 4.69) is 62.7 Å². The number of benzene rings is 2. The average molecular weight is 455 g/mol. The van der Waals surface area contributed by atoms with Gasteiger partial charge in [0.05, 0.1) is 10.0 Å². The van der Waals surface area contributed by atoms with Crippen LogP contribution in [0, 0.1) is 6.92 Å². The predicted octanol–water partition coefficient (Wildman–Crippen LogP) is 6.66. The Balaban J connectivity index is 1.99. The molecule has 1 aliphatic carbocycles. The molecule has 0 aromatic heterocycles. The van der Waals surface area contributed by atoms with E-state index in [9.17, 15) is 9.59 Å². The minimum atomic E-state index is -1.01. The number of Topliss-reactive ketones (excluding diaryl/α,β-unsaturated/α-hetero) is 1. The van der Waals surface area contributed by atoms with Gasteiger partial charge in [-0.2, -0.15) is 0 Å². The van der Waals surface area contributed by atoms with Crippen molar-refractivity contribution in [1.82, 2.24) is 0 Å². The molecule has 2 aromatic rings. The number of carboxylic acids is 1. The highest BCUT2D eigenvalue weighted by Gasteiger charge is 2.37. The number of hydrogen-bond donors (Lipinski definition) is 1. The highest BCUT2D eigenvalue weighted by molar-refractivity contribution is 9.12. The summed E-state index contributed by atoms with van der Waals surface area (Å²) in [6.07, 6.45) is 4.17. The van der Waals surface area contributed by atoms with Gasteiger partial charge >= 0.3 is 5.97 Å². The molecule has 152 valence electrons. The Morgan fingerprint density at radius 2 is 1.41 bits per heavy atom. The molecule has 0 unspecified atom stereocenters. The van der Waals surface area contributed by atoms with Gasteiger partial charge in [0.2, 0.25) is 0 Å². The van der Waals surface area contributed by atoms with Crippen molar-refractivity contribution in [2.24, 2.45) is 0 Å². The third-order valence-electron chi connectivity index (χ3n) is 6.13. The first-order chi connectivity index (χ1) is 13.4. The van der Waals surface area contributed by atoms with E-state index in [1.165, 1.54) is 23.3 Å². The van der Waals surface area contributed by atoms with E-state index in [1.54, 1.807) is 12.1 Å². The monoisotopic (exact) mass is 454 g/mol. The second kappa shape index (κ2) is 7.56. The van der Waals surface area contributed by atoms with Crippen molar-refractivity contribution in [2.45, 2.75) is 58.3 Å². The van der Waals surface area contributed by atoms with Gasteiger partial charge in [0, 0.05) is 5.56 Å². The number of halogens is 1. The van der Waals surface area contributed by atoms with Gasteiger partial charge < -0.3 is 5.11 Å². The molecular weight excluding hydrogens is 428 g/mol. The molecule has 0 amide bonds. The highest BCUT2D eigenvalue weighted by Crippen LogP contribution is 2.46. The SMILES string of the molecule is Cc1cc2c(cc1C=C(Br)C(=O)c1ccc(C(=O)O)cc1)C(C)(C)CCC2(C)C. The van der Waals surface area contributed by atoms with Crippen molar-refractivity contribution >= 4 is 33.8 Å². The summed E-state index contributed by atoms with van der Waals surface area (Å²) >= 11 is 3.44. The van der Waals surface area contributed by atoms with Crippen molar-refractivity contribution < 1.29 is 14.7 Å². The maximum Gasteiger partial charge on any atom is 0.335 e. The minimum Gasteiger partial charge on any atom is -0.478 e. The summed E-state index contributed by atoms with van der Waals surface area (Å²) in [4.78, 5) is 23.8. The Morgan fingerprint density at radius 1 is 0.931 bits per heavy atom. The van der Waals surface area contributed by atoms with Crippen LogP contribution in [0.1, 0.15) is 83.5 Å². The van der Waals surface area contributed by atoms with Crippen molar-refractivity contribution in [3.05, 3.63) is 74.3 Å². The van der Waals surface area contributed by atoms with Crippen molar-refractivity contribution in [3.63, 3.8) is 0 Å². The summed E-state index contributed by atoms with van der Waals surface area (Å²) in [7, 11) is 0.